The first-order valence-electron chi connectivity index (χ1n) is 6.38. The quantitative estimate of drug-likeness (QED) is 0.714. The minimum absolute atomic E-state index is 0.0248. The Morgan fingerprint density at radius 2 is 2.15 bits per heavy atom. The largest absolute Gasteiger partial charge is 0.486 e. The number of ether oxygens (including phenoxy) is 1. The van der Waals surface area contributed by atoms with Gasteiger partial charge in [-0.15, -0.1) is 0 Å². The van der Waals surface area contributed by atoms with Gasteiger partial charge in [0, 0.05) is 7.05 Å². The predicted octanol–water partition coefficient (Wildman–Crippen LogP) is -0.122. The van der Waals surface area contributed by atoms with Gasteiger partial charge in [0.2, 0.25) is 5.91 Å². The van der Waals surface area contributed by atoms with E-state index < -0.39 is 18.3 Å². The van der Waals surface area contributed by atoms with Gasteiger partial charge in [-0.05, 0) is 12.1 Å². The molecule has 20 heavy (non-hydrogen) atoms. The standard InChI is InChI=1S/C14H17NO5/c1-15-13(18)7-10(17)14(19)12-6-9(16)8-4-2-3-5-11(8)20-12/h2-5,10,12,14,17,19H,6-7H2,1H3,(H,15,18). The van der Waals surface area contributed by atoms with Crippen LogP contribution >= 0.6 is 0 Å². The van der Waals surface area contributed by atoms with E-state index in [4.69, 9.17) is 4.74 Å². The van der Waals surface area contributed by atoms with Crippen LogP contribution < -0.4 is 10.1 Å². The van der Waals surface area contributed by atoms with E-state index in [1.165, 1.54) is 7.05 Å². The van der Waals surface area contributed by atoms with Gasteiger partial charge in [-0.1, -0.05) is 12.1 Å². The molecule has 1 heterocycles. The van der Waals surface area contributed by atoms with Crippen molar-refractivity contribution in [2.75, 3.05) is 7.05 Å². The molecule has 1 aliphatic rings. The molecule has 6 heteroatoms. The van der Waals surface area contributed by atoms with Crippen molar-refractivity contribution in [3.8, 4) is 5.75 Å². The third-order valence-corrected chi connectivity index (χ3v) is 3.30. The Labute approximate surface area is 116 Å². The lowest BCUT2D eigenvalue weighted by Gasteiger charge is -2.30. The fourth-order valence-corrected chi connectivity index (χ4v) is 2.15. The maximum Gasteiger partial charge on any atom is 0.222 e. The Hall–Kier alpha value is -1.92. The molecule has 0 aromatic heterocycles. The minimum atomic E-state index is -1.30. The second kappa shape index (κ2) is 6.02. The van der Waals surface area contributed by atoms with E-state index in [2.05, 4.69) is 5.32 Å². The summed E-state index contributed by atoms with van der Waals surface area (Å²) in [5.41, 5.74) is 0.469. The van der Waals surface area contributed by atoms with Gasteiger partial charge in [0.05, 0.1) is 24.5 Å². The summed E-state index contributed by atoms with van der Waals surface area (Å²) in [7, 11) is 1.44. The normalized spacial score (nSPS) is 20.6. The summed E-state index contributed by atoms with van der Waals surface area (Å²) in [6.07, 6.45) is -3.70. The molecular formula is C14H17NO5. The summed E-state index contributed by atoms with van der Waals surface area (Å²) in [5.74, 6) is -0.151. The van der Waals surface area contributed by atoms with Crippen molar-refractivity contribution < 1.29 is 24.5 Å². The first-order chi connectivity index (χ1) is 9.52. The zero-order valence-electron chi connectivity index (χ0n) is 11.1. The molecule has 3 atom stereocenters. The molecule has 108 valence electrons. The summed E-state index contributed by atoms with van der Waals surface area (Å²) < 4.78 is 5.54. The molecule has 2 rings (SSSR count). The molecule has 0 radical (unpaired) electrons. The van der Waals surface area contributed by atoms with Crippen molar-refractivity contribution in [3.05, 3.63) is 29.8 Å². The number of aliphatic hydroxyl groups excluding tert-OH is 2. The first kappa shape index (κ1) is 14.5. The van der Waals surface area contributed by atoms with E-state index in [1.54, 1.807) is 24.3 Å². The van der Waals surface area contributed by atoms with Crippen LogP contribution in [0.4, 0.5) is 0 Å². The number of rotatable bonds is 4. The summed E-state index contributed by atoms with van der Waals surface area (Å²) in [5, 5.41) is 22.2. The van der Waals surface area contributed by atoms with Crippen molar-refractivity contribution in [3.63, 3.8) is 0 Å². The van der Waals surface area contributed by atoms with E-state index in [1.807, 2.05) is 0 Å². The lowest BCUT2D eigenvalue weighted by Crippen LogP contribution is -2.45. The van der Waals surface area contributed by atoms with Gasteiger partial charge in [-0.2, -0.15) is 0 Å². The van der Waals surface area contributed by atoms with Gasteiger partial charge in [0.15, 0.2) is 5.78 Å². The SMILES string of the molecule is CNC(=O)CC(O)C(O)C1CC(=O)c2ccccc2O1. The van der Waals surface area contributed by atoms with Gasteiger partial charge in [-0.25, -0.2) is 0 Å². The summed E-state index contributed by atoms with van der Waals surface area (Å²) in [6.45, 7) is 0. The van der Waals surface area contributed by atoms with Crippen molar-refractivity contribution in [2.24, 2.45) is 0 Å². The smallest absolute Gasteiger partial charge is 0.222 e. The van der Waals surface area contributed by atoms with Gasteiger partial charge >= 0.3 is 0 Å². The Morgan fingerprint density at radius 1 is 1.45 bits per heavy atom. The number of nitrogens with one attached hydrogen (secondary N) is 1. The molecule has 0 spiro atoms. The fourth-order valence-electron chi connectivity index (χ4n) is 2.15. The Kier molecular flexibility index (Phi) is 4.36. The van der Waals surface area contributed by atoms with E-state index in [0.29, 0.717) is 11.3 Å². The lowest BCUT2D eigenvalue weighted by atomic mass is 9.94. The molecule has 3 unspecified atom stereocenters. The molecule has 1 amide bonds. The number of ketones is 1. The molecule has 3 N–H and O–H groups in total. The second-order valence-corrected chi connectivity index (χ2v) is 4.72. The number of hydrogen-bond donors (Lipinski definition) is 3. The molecule has 6 nitrogen and oxygen atoms in total. The van der Waals surface area contributed by atoms with Crippen LogP contribution in [0.15, 0.2) is 24.3 Å². The highest BCUT2D eigenvalue weighted by atomic mass is 16.5. The number of carbonyl (C=O) groups is 2. The topological polar surface area (TPSA) is 95.9 Å². The summed E-state index contributed by atoms with van der Waals surface area (Å²) in [6, 6.07) is 6.75. The zero-order chi connectivity index (χ0) is 14.7. The number of hydrogen-bond acceptors (Lipinski definition) is 5. The molecule has 0 saturated carbocycles. The number of carbonyl (C=O) groups excluding carboxylic acids is 2. The molecule has 1 aromatic rings. The zero-order valence-corrected chi connectivity index (χ0v) is 11.1. The summed E-state index contributed by atoms with van der Waals surface area (Å²) in [4.78, 5) is 23.1. The number of fused-ring (bicyclic) bond motifs is 1. The van der Waals surface area contributed by atoms with Gasteiger partial charge in [-0.3, -0.25) is 9.59 Å². The third kappa shape index (κ3) is 2.97. The van der Waals surface area contributed by atoms with Gasteiger partial charge in [0.25, 0.3) is 0 Å². The van der Waals surface area contributed by atoms with Crippen LogP contribution in [0.2, 0.25) is 0 Å². The van der Waals surface area contributed by atoms with Crippen LogP contribution in [0.3, 0.4) is 0 Å². The fraction of sp³-hybridized carbons (Fsp3) is 0.429. The Morgan fingerprint density at radius 3 is 2.85 bits per heavy atom. The molecule has 1 aliphatic heterocycles. The molecule has 0 bridgehead atoms. The van der Waals surface area contributed by atoms with E-state index in [0.717, 1.165) is 0 Å². The predicted molar refractivity (Wildman–Crippen MR) is 70.5 cm³/mol. The van der Waals surface area contributed by atoms with Gasteiger partial charge < -0.3 is 20.3 Å². The lowest BCUT2D eigenvalue weighted by molar-refractivity contribution is -0.126. The highest BCUT2D eigenvalue weighted by molar-refractivity contribution is 5.99. The van der Waals surface area contributed by atoms with Crippen molar-refractivity contribution in [2.45, 2.75) is 31.2 Å². The first-order valence-corrected chi connectivity index (χ1v) is 6.38. The molecule has 0 fully saturated rings. The average molecular weight is 279 g/mol. The average Bonchev–Trinajstić information content (AvgIpc) is 2.46. The van der Waals surface area contributed by atoms with Crippen LogP contribution in [-0.2, 0) is 4.79 Å². The van der Waals surface area contributed by atoms with Crippen molar-refractivity contribution in [1.29, 1.82) is 0 Å². The van der Waals surface area contributed by atoms with Crippen LogP contribution in [0.25, 0.3) is 0 Å². The van der Waals surface area contributed by atoms with Crippen molar-refractivity contribution >= 4 is 11.7 Å². The molecule has 1 aromatic carbocycles. The Balaban J connectivity index is 2.08. The maximum atomic E-state index is 11.9. The second-order valence-electron chi connectivity index (χ2n) is 4.72. The molecular weight excluding hydrogens is 262 g/mol. The molecule has 0 aliphatic carbocycles. The van der Waals surface area contributed by atoms with Crippen LogP contribution in [0.1, 0.15) is 23.2 Å². The van der Waals surface area contributed by atoms with Crippen LogP contribution in [0.5, 0.6) is 5.75 Å². The number of amides is 1. The van der Waals surface area contributed by atoms with Crippen LogP contribution in [-0.4, -0.2) is 47.3 Å². The van der Waals surface area contributed by atoms with Crippen LogP contribution in [0, 0.1) is 0 Å². The van der Waals surface area contributed by atoms with Gasteiger partial charge in [0.1, 0.15) is 18.0 Å². The highest BCUT2D eigenvalue weighted by Gasteiger charge is 2.35. The number of Topliss-reactive ketones (excluding diaryl/α,β-unsaturated/α-hetero) is 1. The summed E-state index contributed by atoms with van der Waals surface area (Å²) >= 11 is 0. The minimum Gasteiger partial charge on any atom is -0.486 e. The third-order valence-electron chi connectivity index (χ3n) is 3.30. The molecule has 0 saturated heterocycles. The van der Waals surface area contributed by atoms with Crippen molar-refractivity contribution in [1.82, 2.24) is 5.32 Å². The Bertz CT molecular complexity index is 516. The van der Waals surface area contributed by atoms with E-state index in [9.17, 15) is 19.8 Å². The number of benzene rings is 1. The van der Waals surface area contributed by atoms with E-state index in [-0.39, 0.29) is 24.5 Å². The van der Waals surface area contributed by atoms with E-state index >= 15 is 0 Å². The number of para-hydroxylation sites is 1. The monoisotopic (exact) mass is 279 g/mol. The highest BCUT2D eigenvalue weighted by Crippen LogP contribution is 2.29. The maximum absolute atomic E-state index is 11.9. The number of aliphatic hydroxyl groups is 2.